The molecule has 4 nitrogen and oxygen atoms in total. The monoisotopic (exact) mass is 329 g/mol. The van der Waals surface area contributed by atoms with Crippen LogP contribution in [0.25, 0.3) is 0 Å². The van der Waals surface area contributed by atoms with Crippen molar-refractivity contribution in [1.29, 1.82) is 0 Å². The quantitative estimate of drug-likeness (QED) is 0.855. The largest absolute Gasteiger partial charge is 0.493 e. The Bertz CT molecular complexity index is 715. The smallest absolute Gasteiger partial charge is 0.238 e. The van der Waals surface area contributed by atoms with E-state index in [9.17, 15) is 4.79 Å². The molecule has 0 unspecified atom stereocenters. The molecule has 3 rings (SSSR count). The van der Waals surface area contributed by atoms with Crippen LogP contribution in [0.1, 0.15) is 16.5 Å². The van der Waals surface area contributed by atoms with E-state index in [-0.39, 0.29) is 11.3 Å². The summed E-state index contributed by atoms with van der Waals surface area (Å²) in [5.74, 6) is 1.92. The molecule has 1 saturated heterocycles. The number of amides is 1. The third kappa shape index (κ3) is 2.88. The lowest BCUT2D eigenvalue weighted by Gasteiger charge is -2.26. The topological polar surface area (TPSA) is 38.8 Å². The number of nitrogens with zero attached hydrogens (tertiary/aromatic N) is 1. The SMILES string of the molecule is COc1cccc([C@@H]2SCC(=O)N2c2ccc(C)cc2)c1OC. The summed E-state index contributed by atoms with van der Waals surface area (Å²) in [6.45, 7) is 2.03. The minimum Gasteiger partial charge on any atom is -0.493 e. The molecular weight excluding hydrogens is 310 g/mol. The van der Waals surface area contributed by atoms with Gasteiger partial charge in [0, 0.05) is 11.3 Å². The fraction of sp³-hybridized carbons (Fsp3) is 0.278. The molecule has 2 aromatic carbocycles. The van der Waals surface area contributed by atoms with E-state index >= 15 is 0 Å². The van der Waals surface area contributed by atoms with E-state index in [0.717, 1.165) is 11.3 Å². The lowest BCUT2D eigenvalue weighted by Crippen LogP contribution is -2.28. The second kappa shape index (κ2) is 6.54. The number of carbonyl (C=O) groups excluding carboxylic acids is 1. The fourth-order valence-electron chi connectivity index (χ4n) is 2.75. The van der Waals surface area contributed by atoms with Crippen LogP contribution in [-0.2, 0) is 4.79 Å². The molecule has 0 radical (unpaired) electrons. The van der Waals surface area contributed by atoms with Crippen LogP contribution in [0.3, 0.4) is 0 Å². The maximum absolute atomic E-state index is 12.4. The minimum absolute atomic E-state index is 0.105. The van der Waals surface area contributed by atoms with Crippen molar-refractivity contribution in [2.24, 2.45) is 0 Å². The van der Waals surface area contributed by atoms with Crippen molar-refractivity contribution < 1.29 is 14.3 Å². The lowest BCUT2D eigenvalue weighted by molar-refractivity contribution is -0.115. The molecular formula is C18H19NO3S. The Balaban J connectivity index is 2.05. The van der Waals surface area contributed by atoms with Crippen LogP contribution in [0.15, 0.2) is 42.5 Å². The van der Waals surface area contributed by atoms with Gasteiger partial charge in [-0.1, -0.05) is 29.8 Å². The molecule has 0 N–H and O–H groups in total. The molecule has 1 heterocycles. The highest BCUT2D eigenvalue weighted by atomic mass is 32.2. The number of anilines is 1. The predicted molar refractivity (Wildman–Crippen MR) is 93.4 cm³/mol. The number of thioether (sulfide) groups is 1. The van der Waals surface area contributed by atoms with E-state index in [0.29, 0.717) is 17.3 Å². The van der Waals surface area contributed by atoms with Crippen LogP contribution in [0.4, 0.5) is 5.69 Å². The second-order valence-corrected chi connectivity index (χ2v) is 6.41. The normalized spacial score (nSPS) is 17.4. The third-order valence-electron chi connectivity index (χ3n) is 3.88. The molecule has 0 bridgehead atoms. The van der Waals surface area contributed by atoms with E-state index in [1.807, 2.05) is 54.3 Å². The summed E-state index contributed by atoms with van der Waals surface area (Å²) >= 11 is 1.60. The summed E-state index contributed by atoms with van der Waals surface area (Å²) in [6, 6.07) is 13.8. The van der Waals surface area contributed by atoms with Crippen molar-refractivity contribution >= 4 is 23.4 Å². The summed E-state index contributed by atoms with van der Waals surface area (Å²) < 4.78 is 10.9. The van der Waals surface area contributed by atoms with Gasteiger partial charge in [0.05, 0.1) is 20.0 Å². The summed E-state index contributed by atoms with van der Waals surface area (Å²) in [6.07, 6.45) is 0. The first-order chi connectivity index (χ1) is 11.2. The van der Waals surface area contributed by atoms with E-state index in [1.54, 1.807) is 26.0 Å². The van der Waals surface area contributed by atoms with Gasteiger partial charge in [0.15, 0.2) is 11.5 Å². The van der Waals surface area contributed by atoms with Crippen molar-refractivity contribution in [1.82, 2.24) is 0 Å². The average molecular weight is 329 g/mol. The zero-order valence-electron chi connectivity index (χ0n) is 13.4. The Morgan fingerprint density at radius 1 is 1.09 bits per heavy atom. The number of benzene rings is 2. The van der Waals surface area contributed by atoms with E-state index < -0.39 is 0 Å². The van der Waals surface area contributed by atoms with E-state index in [2.05, 4.69) is 0 Å². The maximum atomic E-state index is 12.4. The zero-order valence-corrected chi connectivity index (χ0v) is 14.2. The molecule has 2 aromatic rings. The Kier molecular flexibility index (Phi) is 4.48. The van der Waals surface area contributed by atoms with Crippen molar-refractivity contribution in [2.75, 3.05) is 24.9 Å². The number of para-hydroxylation sites is 1. The van der Waals surface area contributed by atoms with E-state index in [1.165, 1.54) is 5.56 Å². The molecule has 5 heteroatoms. The highest BCUT2D eigenvalue weighted by Gasteiger charge is 2.36. The Labute approximate surface area is 140 Å². The number of ether oxygens (including phenoxy) is 2. The molecule has 23 heavy (non-hydrogen) atoms. The first kappa shape index (κ1) is 15.7. The Morgan fingerprint density at radius 3 is 2.48 bits per heavy atom. The molecule has 1 fully saturated rings. The van der Waals surface area contributed by atoms with Crippen LogP contribution in [0.5, 0.6) is 11.5 Å². The highest BCUT2D eigenvalue weighted by Crippen LogP contribution is 2.47. The van der Waals surface area contributed by atoms with Gasteiger partial charge in [-0.25, -0.2) is 0 Å². The average Bonchev–Trinajstić information content (AvgIpc) is 2.96. The Morgan fingerprint density at radius 2 is 1.83 bits per heavy atom. The van der Waals surface area contributed by atoms with Crippen LogP contribution >= 0.6 is 11.8 Å². The van der Waals surface area contributed by atoms with Gasteiger partial charge in [-0.05, 0) is 25.1 Å². The van der Waals surface area contributed by atoms with Crippen LogP contribution < -0.4 is 14.4 Å². The molecule has 120 valence electrons. The van der Waals surface area contributed by atoms with Gasteiger partial charge in [0.2, 0.25) is 5.91 Å². The minimum atomic E-state index is -0.116. The number of rotatable bonds is 4. The number of hydrogen-bond donors (Lipinski definition) is 0. The first-order valence-electron chi connectivity index (χ1n) is 7.37. The summed E-state index contributed by atoms with van der Waals surface area (Å²) in [4.78, 5) is 14.3. The fourth-order valence-corrected chi connectivity index (χ4v) is 3.94. The van der Waals surface area contributed by atoms with Crippen molar-refractivity contribution in [3.8, 4) is 11.5 Å². The van der Waals surface area contributed by atoms with Gasteiger partial charge in [-0.3, -0.25) is 9.69 Å². The van der Waals surface area contributed by atoms with Crippen LogP contribution in [0.2, 0.25) is 0 Å². The molecule has 0 spiro atoms. The first-order valence-corrected chi connectivity index (χ1v) is 8.42. The van der Waals surface area contributed by atoms with Gasteiger partial charge < -0.3 is 9.47 Å². The second-order valence-electron chi connectivity index (χ2n) is 5.35. The molecule has 1 aliphatic heterocycles. The van der Waals surface area contributed by atoms with Gasteiger partial charge in [-0.15, -0.1) is 11.8 Å². The molecule has 1 atom stereocenters. The van der Waals surface area contributed by atoms with Crippen LogP contribution in [-0.4, -0.2) is 25.9 Å². The van der Waals surface area contributed by atoms with E-state index in [4.69, 9.17) is 9.47 Å². The van der Waals surface area contributed by atoms with Gasteiger partial charge in [0.1, 0.15) is 5.37 Å². The van der Waals surface area contributed by atoms with Crippen molar-refractivity contribution in [3.63, 3.8) is 0 Å². The lowest BCUT2D eigenvalue weighted by atomic mass is 10.1. The summed E-state index contributed by atoms with van der Waals surface area (Å²) in [5, 5.41) is -0.116. The third-order valence-corrected chi connectivity index (χ3v) is 5.07. The predicted octanol–water partition coefficient (Wildman–Crippen LogP) is 3.79. The van der Waals surface area contributed by atoms with Crippen LogP contribution in [0, 0.1) is 6.92 Å². The number of hydrogen-bond acceptors (Lipinski definition) is 4. The molecule has 1 amide bonds. The molecule has 0 aliphatic carbocycles. The maximum Gasteiger partial charge on any atom is 0.238 e. The summed E-state index contributed by atoms with van der Waals surface area (Å²) in [5.41, 5.74) is 3.02. The molecule has 1 aliphatic rings. The summed E-state index contributed by atoms with van der Waals surface area (Å²) in [7, 11) is 3.24. The number of methoxy groups -OCH3 is 2. The van der Waals surface area contributed by atoms with Gasteiger partial charge in [0.25, 0.3) is 0 Å². The zero-order chi connectivity index (χ0) is 16.4. The highest BCUT2D eigenvalue weighted by molar-refractivity contribution is 8.00. The standard InChI is InChI=1S/C18H19NO3S/c1-12-7-9-13(10-8-12)19-16(20)11-23-18(19)14-5-4-6-15(21-2)17(14)22-3/h4-10,18H,11H2,1-3H3/t18-/m0/s1. The Hall–Kier alpha value is -2.14. The molecule has 0 saturated carbocycles. The van der Waals surface area contributed by atoms with Gasteiger partial charge in [-0.2, -0.15) is 0 Å². The number of carbonyl (C=O) groups is 1. The van der Waals surface area contributed by atoms with Gasteiger partial charge >= 0.3 is 0 Å². The van der Waals surface area contributed by atoms with Crippen molar-refractivity contribution in [2.45, 2.75) is 12.3 Å². The molecule has 0 aromatic heterocycles. The number of aryl methyl sites for hydroxylation is 1. The van der Waals surface area contributed by atoms with Crippen molar-refractivity contribution in [3.05, 3.63) is 53.6 Å².